The number of hydrogen-bond donors (Lipinski definition) is 0. The Morgan fingerprint density at radius 3 is 2.56 bits per heavy atom. The Hall–Kier alpha value is -1.77. The zero-order valence-electron chi connectivity index (χ0n) is 9.81. The van der Waals surface area contributed by atoms with Gasteiger partial charge in [0.2, 0.25) is 0 Å². The van der Waals surface area contributed by atoms with Crippen LogP contribution in [0.3, 0.4) is 0 Å². The molecular weight excluding hydrogens is 198 g/mol. The summed E-state index contributed by atoms with van der Waals surface area (Å²) < 4.78 is 0. The molecule has 2 heterocycles. The minimum atomic E-state index is 0.386. The standard InChI is InChI=1S/C13H15N3/c1-9(2)13-11(5-4-10(3)16-13)12-8-14-6-7-15-12/h4-9H,1-3H3. The topological polar surface area (TPSA) is 38.7 Å². The molecule has 0 saturated heterocycles. The van der Waals surface area contributed by atoms with Gasteiger partial charge in [-0.3, -0.25) is 15.0 Å². The molecular formula is C13H15N3. The summed E-state index contributed by atoms with van der Waals surface area (Å²) in [7, 11) is 0. The van der Waals surface area contributed by atoms with E-state index in [1.807, 2.05) is 13.0 Å². The smallest absolute Gasteiger partial charge is 0.0903 e. The number of nitrogens with zero attached hydrogens (tertiary/aromatic N) is 3. The Balaban J connectivity index is 2.57. The SMILES string of the molecule is Cc1ccc(-c2cnccn2)c(C(C)C)n1. The molecule has 0 aliphatic rings. The van der Waals surface area contributed by atoms with Gasteiger partial charge in [-0.25, -0.2) is 0 Å². The highest BCUT2D eigenvalue weighted by atomic mass is 14.8. The first-order chi connectivity index (χ1) is 7.68. The minimum Gasteiger partial charge on any atom is -0.261 e. The maximum atomic E-state index is 4.58. The normalized spacial score (nSPS) is 10.8. The van der Waals surface area contributed by atoms with Crippen molar-refractivity contribution in [2.75, 3.05) is 0 Å². The fourth-order valence-electron chi connectivity index (χ4n) is 1.67. The van der Waals surface area contributed by atoms with Gasteiger partial charge < -0.3 is 0 Å². The summed E-state index contributed by atoms with van der Waals surface area (Å²) in [5, 5.41) is 0. The van der Waals surface area contributed by atoms with Gasteiger partial charge >= 0.3 is 0 Å². The molecule has 0 aliphatic carbocycles. The van der Waals surface area contributed by atoms with Crippen molar-refractivity contribution < 1.29 is 0 Å². The summed E-state index contributed by atoms with van der Waals surface area (Å²) >= 11 is 0. The maximum absolute atomic E-state index is 4.58. The van der Waals surface area contributed by atoms with Gasteiger partial charge in [-0.15, -0.1) is 0 Å². The van der Waals surface area contributed by atoms with Crippen LogP contribution in [-0.2, 0) is 0 Å². The maximum Gasteiger partial charge on any atom is 0.0903 e. The molecule has 2 aromatic rings. The molecule has 0 amide bonds. The average molecular weight is 213 g/mol. The molecule has 0 aromatic carbocycles. The van der Waals surface area contributed by atoms with E-state index in [1.165, 1.54) is 0 Å². The zero-order chi connectivity index (χ0) is 11.5. The van der Waals surface area contributed by atoms with Gasteiger partial charge in [0.05, 0.1) is 17.6 Å². The van der Waals surface area contributed by atoms with Crippen molar-refractivity contribution in [3.05, 3.63) is 42.1 Å². The monoisotopic (exact) mass is 213 g/mol. The van der Waals surface area contributed by atoms with Crippen molar-refractivity contribution >= 4 is 0 Å². The van der Waals surface area contributed by atoms with Gasteiger partial charge in [-0.2, -0.15) is 0 Å². The van der Waals surface area contributed by atoms with E-state index in [0.29, 0.717) is 5.92 Å². The van der Waals surface area contributed by atoms with E-state index in [2.05, 4.69) is 34.9 Å². The van der Waals surface area contributed by atoms with E-state index in [-0.39, 0.29) is 0 Å². The average Bonchev–Trinajstić information content (AvgIpc) is 2.30. The van der Waals surface area contributed by atoms with Crippen molar-refractivity contribution in [1.82, 2.24) is 15.0 Å². The summed E-state index contributed by atoms with van der Waals surface area (Å²) in [5.41, 5.74) is 4.09. The Labute approximate surface area is 95.6 Å². The molecule has 16 heavy (non-hydrogen) atoms. The zero-order valence-corrected chi connectivity index (χ0v) is 9.81. The fourth-order valence-corrected chi connectivity index (χ4v) is 1.67. The first kappa shape index (κ1) is 10.7. The highest BCUT2D eigenvalue weighted by Gasteiger charge is 2.11. The quantitative estimate of drug-likeness (QED) is 0.769. The van der Waals surface area contributed by atoms with Crippen LogP contribution in [0.5, 0.6) is 0 Å². The molecule has 82 valence electrons. The van der Waals surface area contributed by atoms with Crippen molar-refractivity contribution in [2.24, 2.45) is 0 Å². The molecule has 3 heteroatoms. The molecule has 0 saturated carbocycles. The number of aromatic nitrogens is 3. The van der Waals surface area contributed by atoms with Crippen molar-refractivity contribution in [3.8, 4) is 11.3 Å². The number of rotatable bonds is 2. The molecule has 0 spiro atoms. The molecule has 0 N–H and O–H groups in total. The summed E-state index contributed by atoms with van der Waals surface area (Å²) in [6.45, 7) is 6.29. The van der Waals surface area contributed by atoms with Gasteiger partial charge in [0.1, 0.15) is 0 Å². The first-order valence-corrected chi connectivity index (χ1v) is 5.42. The van der Waals surface area contributed by atoms with Crippen LogP contribution in [-0.4, -0.2) is 15.0 Å². The molecule has 0 bridgehead atoms. The Kier molecular flexibility index (Phi) is 2.95. The van der Waals surface area contributed by atoms with E-state index in [1.54, 1.807) is 18.6 Å². The Morgan fingerprint density at radius 2 is 1.94 bits per heavy atom. The van der Waals surface area contributed by atoms with Crippen LogP contribution in [0.1, 0.15) is 31.2 Å². The largest absolute Gasteiger partial charge is 0.261 e. The van der Waals surface area contributed by atoms with Crippen LogP contribution in [0.4, 0.5) is 0 Å². The predicted octanol–water partition coefficient (Wildman–Crippen LogP) is 2.97. The molecule has 3 nitrogen and oxygen atoms in total. The lowest BCUT2D eigenvalue weighted by Gasteiger charge is -2.11. The van der Waals surface area contributed by atoms with Gasteiger partial charge in [-0.05, 0) is 25.0 Å². The summed E-state index contributed by atoms with van der Waals surface area (Å²) in [6.07, 6.45) is 5.16. The third-order valence-corrected chi connectivity index (χ3v) is 2.45. The van der Waals surface area contributed by atoms with Gasteiger partial charge in [0.15, 0.2) is 0 Å². The van der Waals surface area contributed by atoms with E-state index < -0.39 is 0 Å². The van der Waals surface area contributed by atoms with Crippen LogP contribution in [0.2, 0.25) is 0 Å². The van der Waals surface area contributed by atoms with Crippen LogP contribution >= 0.6 is 0 Å². The predicted molar refractivity (Wildman–Crippen MR) is 64.1 cm³/mol. The van der Waals surface area contributed by atoms with E-state index in [0.717, 1.165) is 22.6 Å². The molecule has 0 fully saturated rings. The summed E-state index contributed by atoms with van der Waals surface area (Å²) in [5.74, 6) is 0.386. The number of aryl methyl sites for hydroxylation is 1. The molecule has 0 unspecified atom stereocenters. The van der Waals surface area contributed by atoms with Crippen molar-refractivity contribution in [3.63, 3.8) is 0 Å². The fraction of sp³-hybridized carbons (Fsp3) is 0.308. The van der Waals surface area contributed by atoms with Crippen molar-refractivity contribution in [2.45, 2.75) is 26.7 Å². The van der Waals surface area contributed by atoms with Crippen LogP contribution < -0.4 is 0 Å². The highest BCUT2D eigenvalue weighted by molar-refractivity contribution is 5.61. The van der Waals surface area contributed by atoms with E-state index in [4.69, 9.17) is 0 Å². The lowest BCUT2D eigenvalue weighted by atomic mass is 10.0. The highest BCUT2D eigenvalue weighted by Crippen LogP contribution is 2.25. The first-order valence-electron chi connectivity index (χ1n) is 5.42. The second-order valence-corrected chi connectivity index (χ2v) is 4.13. The van der Waals surface area contributed by atoms with Crippen LogP contribution in [0.15, 0.2) is 30.7 Å². The molecule has 2 rings (SSSR count). The minimum absolute atomic E-state index is 0.386. The van der Waals surface area contributed by atoms with E-state index in [9.17, 15) is 0 Å². The third-order valence-electron chi connectivity index (χ3n) is 2.45. The second kappa shape index (κ2) is 4.39. The third kappa shape index (κ3) is 2.08. The summed E-state index contributed by atoms with van der Waals surface area (Å²) in [4.78, 5) is 13.0. The summed E-state index contributed by atoms with van der Waals surface area (Å²) in [6, 6.07) is 4.08. The second-order valence-electron chi connectivity index (χ2n) is 4.13. The Bertz CT molecular complexity index is 478. The van der Waals surface area contributed by atoms with Crippen LogP contribution in [0, 0.1) is 6.92 Å². The van der Waals surface area contributed by atoms with Crippen LogP contribution in [0.25, 0.3) is 11.3 Å². The number of hydrogen-bond acceptors (Lipinski definition) is 3. The lowest BCUT2D eigenvalue weighted by Crippen LogP contribution is -1.99. The Morgan fingerprint density at radius 1 is 1.12 bits per heavy atom. The van der Waals surface area contributed by atoms with E-state index >= 15 is 0 Å². The molecule has 2 aromatic heterocycles. The van der Waals surface area contributed by atoms with Gasteiger partial charge in [0.25, 0.3) is 0 Å². The molecule has 0 radical (unpaired) electrons. The van der Waals surface area contributed by atoms with Gasteiger partial charge in [-0.1, -0.05) is 13.8 Å². The molecule has 0 aliphatic heterocycles. The molecule has 0 atom stereocenters. The lowest BCUT2D eigenvalue weighted by molar-refractivity contribution is 0.817. The van der Waals surface area contributed by atoms with Gasteiger partial charge in [0, 0.05) is 23.7 Å². The number of pyridine rings is 1. The van der Waals surface area contributed by atoms with Crippen molar-refractivity contribution in [1.29, 1.82) is 0 Å².